The summed E-state index contributed by atoms with van der Waals surface area (Å²) < 4.78 is 0. The third kappa shape index (κ3) is 1.84. The van der Waals surface area contributed by atoms with E-state index in [0.29, 0.717) is 23.0 Å². The van der Waals surface area contributed by atoms with Gasteiger partial charge in [0.25, 0.3) is 0 Å². The number of hydrogen-bond acceptors (Lipinski definition) is 2. The number of aliphatic hydroxyl groups excluding tert-OH is 1. The van der Waals surface area contributed by atoms with Crippen LogP contribution in [0.3, 0.4) is 0 Å². The van der Waals surface area contributed by atoms with Crippen LogP contribution in [0, 0.1) is 28.6 Å². The number of aliphatic hydroxyl groups is 1. The molecule has 0 aromatic rings. The minimum absolute atomic E-state index is 0.182. The van der Waals surface area contributed by atoms with Gasteiger partial charge < -0.3 is 5.11 Å². The highest BCUT2D eigenvalue weighted by atomic mass is 16.3. The van der Waals surface area contributed by atoms with E-state index in [-0.39, 0.29) is 17.4 Å². The molecule has 0 heterocycles. The van der Waals surface area contributed by atoms with Gasteiger partial charge in [-0.15, -0.1) is 0 Å². The Hall–Kier alpha value is -0.630. The lowest BCUT2D eigenvalue weighted by Gasteiger charge is -2.56. The van der Waals surface area contributed by atoms with Crippen LogP contribution in [0.4, 0.5) is 0 Å². The molecule has 0 radical (unpaired) electrons. The van der Waals surface area contributed by atoms with Crippen LogP contribution in [-0.2, 0) is 4.79 Å². The second kappa shape index (κ2) is 4.44. The molecule has 116 valence electrons. The maximum Gasteiger partial charge on any atom is 0.159 e. The van der Waals surface area contributed by atoms with E-state index in [1.165, 1.54) is 37.7 Å². The summed E-state index contributed by atoms with van der Waals surface area (Å²) >= 11 is 0. The molecule has 1 unspecified atom stereocenters. The van der Waals surface area contributed by atoms with E-state index in [0.717, 1.165) is 19.3 Å². The highest BCUT2D eigenvalue weighted by Crippen LogP contribution is 2.63. The molecule has 6 atom stereocenters. The summed E-state index contributed by atoms with van der Waals surface area (Å²) in [4.78, 5) is 12.9. The predicted octanol–water partition coefficient (Wildman–Crippen LogP) is 3.88. The molecule has 1 N–H and O–H groups in total. The van der Waals surface area contributed by atoms with E-state index >= 15 is 0 Å². The number of fused-ring (bicyclic) bond motifs is 5. The third-order valence-electron chi connectivity index (χ3n) is 7.70. The lowest BCUT2D eigenvalue weighted by molar-refractivity contribution is -0.133. The lowest BCUT2D eigenvalue weighted by atomic mass is 9.48. The summed E-state index contributed by atoms with van der Waals surface area (Å²) in [7, 11) is 0. The predicted molar refractivity (Wildman–Crippen MR) is 82.7 cm³/mol. The second-order valence-corrected chi connectivity index (χ2v) is 8.71. The molecule has 3 fully saturated rings. The minimum Gasteiger partial charge on any atom is -0.393 e. The fourth-order valence-corrected chi connectivity index (χ4v) is 6.37. The summed E-state index contributed by atoms with van der Waals surface area (Å²) in [5.41, 5.74) is 1.86. The largest absolute Gasteiger partial charge is 0.393 e. The van der Waals surface area contributed by atoms with E-state index < -0.39 is 0 Å². The first-order valence-electron chi connectivity index (χ1n) is 8.87. The minimum atomic E-state index is -0.228. The average molecular weight is 288 g/mol. The SMILES string of the molecule is C[C@@]12CCC[C@H]1[C@@H]1C(=O)C=C3CC(O)CC[C@]3(C)[C@@H]1CC2. The molecule has 0 amide bonds. The van der Waals surface area contributed by atoms with Crippen molar-refractivity contribution in [3.05, 3.63) is 11.6 Å². The quantitative estimate of drug-likeness (QED) is 0.734. The van der Waals surface area contributed by atoms with E-state index in [4.69, 9.17) is 0 Å². The van der Waals surface area contributed by atoms with Gasteiger partial charge in [-0.3, -0.25) is 4.79 Å². The summed E-state index contributed by atoms with van der Waals surface area (Å²) in [6, 6.07) is 0. The summed E-state index contributed by atoms with van der Waals surface area (Å²) in [6.07, 6.45) is 10.8. The maximum atomic E-state index is 12.9. The van der Waals surface area contributed by atoms with Gasteiger partial charge in [-0.1, -0.05) is 25.8 Å². The van der Waals surface area contributed by atoms with Gasteiger partial charge in [-0.25, -0.2) is 0 Å². The molecule has 0 aromatic heterocycles. The zero-order valence-corrected chi connectivity index (χ0v) is 13.4. The van der Waals surface area contributed by atoms with Crippen LogP contribution in [0.15, 0.2) is 11.6 Å². The van der Waals surface area contributed by atoms with Crippen molar-refractivity contribution in [3.8, 4) is 0 Å². The zero-order chi connectivity index (χ0) is 14.8. The van der Waals surface area contributed by atoms with E-state index in [2.05, 4.69) is 13.8 Å². The highest BCUT2D eigenvalue weighted by Gasteiger charge is 2.58. The first-order valence-corrected chi connectivity index (χ1v) is 8.87. The van der Waals surface area contributed by atoms with Gasteiger partial charge in [-0.05, 0) is 73.7 Å². The molecule has 4 aliphatic rings. The number of rotatable bonds is 0. The molecule has 2 nitrogen and oxygen atoms in total. The Morgan fingerprint density at radius 2 is 1.90 bits per heavy atom. The molecular weight excluding hydrogens is 260 g/mol. The molecular formula is C19H28O2. The Morgan fingerprint density at radius 3 is 2.71 bits per heavy atom. The Kier molecular flexibility index (Phi) is 2.96. The summed E-state index contributed by atoms with van der Waals surface area (Å²) in [5.74, 6) is 1.81. The Bertz CT molecular complexity index is 508. The van der Waals surface area contributed by atoms with Crippen molar-refractivity contribution in [2.45, 2.75) is 71.3 Å². The van der Waals surface area contributed by atoms with Crippen LogP contribution < -0.4 is 0 Å². The molecule has 0 saturated heterocycles. The summed E-state index contributed by atoms with van der Waals surface area (Å²) in [5, 5.41) is 9.98. The number of carbonyl (C=O) groups excluding carboxylic acids is 1. The van der Waals surface area contributed by atoms with Crippen molar-refractivity contribution in [1.82, 2.24) is 0 Å². The van der Waals surface area contributed by atoms with Gasteiger partial charge in [0.2, 0.25) is 0 Å². The first kappa shape index (κ1) is 14.0. The summed E-state index contributed by atoms with van der Waals surface area (Å²) in [6.45, 7) is 4.81. The maximum absolute atomic E-state index is 12.9. The lowest BCUT2D eigenvalue weighted by Crippen LogP contribution is -2.52. The molecule has 0 spiro atoms. The van der Waals surface area contributed by atoms with Crippen molar-refractivity contribution in [2.24, 2.45) is 28.6 Å². The van der Waals surface area contributed by atoms with Crippen molar-refractivity contribution >= 4 is 5.78 Å². The molecule has 4 rings (SSSR count). The number of hydrogen-bond donors (Lipinski definition) is 1. The second-order valence-electron chi connectivity index (χ2n) is 8.71. The monoisotopic (exact) mass is 288 g/mol. The van der Waals surface area contributed by atoms with Crippen molar-refractivity contribution in [3.63, 3.8) is 0 Å². The topological polar surface area (TPSA) is 37.3 Å². The normalized spacial score (nSPS) is 52.7. The fourth-order valence-electron chi connectivity index (χ4n) is 6.37. The molecule has 0 aliphatic heterocycles. The fraction of sp³-hybridized carbons (Fsp3) is 0.842. The van der Waals surface area contributed by atoms with Crippen LogP contribution in [0.1, 0.15) is 65.2 Å². The zero-order valence-electron chi connectivity index (χ0n) is 13.4. The van der Waals surface area contributed by atoms with Crippen molar-refractivity contribution < 1.29 is 9.90 Å². The van der Waals surface area contributed by atoms with E-state index in [9.17, 15) is 9.90 Å². The van der Waals surface area contributed by atoms with Crippen LogP contribution in [0.2, 0.25) is 0 Å². The number of allylic oxidation sites excluding steroid dienone is 1. The Morgan fingerprint density at radius 1 is 1.10 bits per heavy atom. The average Bonchev–Trinajstić information content (AvgIpc) is 2.82. The van der Waals surface area contributed by atoms with E-state index in [1.807, 2.05) is 6.08 Å². The molecule has 3 saturated carbocycles. The molecule has 0 aromatic carbocycles. The van der Waals surface area contributed by atoms with E-state index in [1.54, 1.807) is 0 Å². The number of ketones is 1. The van der Waals surface area contributed by atoms with Crippen LogP contribution in [0.25, 0.3) is 0 Å². The van der Waals surface area contributed by atoms with Crippen LogP contribution in [0.5, 0.6) is 0 Å². The standard InChI is InChI=1S/C19H28O2/c1-18-7-3-4-14(18)17-15(6-8-18)19(2)9-5-13(20)10-12(19)11-16(17)21/h11,13-15,17,20H,3-10H2,1-2H3/t13?,14-,15+,17-,18-,19-/m0/s1. The Balaban J connectivity index is 1.75. The van der Waals surface area contributed by atoms with Crippen LogP contribution in [-0.4, -0.2) is 17.0 Å². The van der Waals surface area contributed by atoms with Gasteiger partial charge in [0.15, 0.2) is 5.78 Å². The number of carbonyl (C=O) groups is 1. The van der Waals surface area contributed by atoms with Gasteiger partial charge >= 0.3 is 0 Å². The van der Waals surface area contributed by atoms with Gasteiger partial charge in [0.05, 0.1) is 6.10 Å². The molecule has 4 aliphatic carbocycles. The van der Waals surface area contributed by atoms with Crippen molar-refractivity contribution in [1.29, 1.82) is 0 Å². The van der Waals surface area contributed by atoms with Crippen LogP contribution >= 0.6 is 0 Å². The van der Waals surface area contributed by atoms with Gasteiger partial charge in [0.1, 0.15) is 0 Å². The van der Waals surface area contributed by atoms with Crippen molar-refractivity contribution in [2.75, 3.05) is 0 Å². The molecule has 21 heavy (non-hydrogen) atoms. The molecule has 0 bridgehead atoms. The van der Waals surface area contributed by atoms with Gasteiger partial charge in [0, 0.05) is 5.92 Å². The third-order valence-corrected chi connectivity index (χ3v) is 7.70. The smallest absolute Gasteiger partial charge is 0.159 e. The van der Waals surface area contributed by atoms with Gasteiger partial charge in [-0.2, -0.15) is 0 Å². The molecule has 2 heteroatoms. The first-order chi connectivity index (χ1) is 9.94. The highest BCUT2D eigenvalue weighted by molar-refractivity contribution is 5.94. The Labute approximate surface area is 128 Å².